The van der Waals surface area contributed by atoms with Crippen molar-refractivity contribution >= 4 is 5.91 Å². The number of hydrogen-bond donors (Lipinski definition) is 2. The number of carbonyl (C=O) groups excluding carboxylic acids is 1. The second-order valence-corrected chi connectivity index (χ2v) is 7.50. The van der Waals surface area contributed by atoms with Crippen molar-refractivity contribution in [3.8, 4) is 17.0 Å². The highest BCUT2D eigenvalue weighted by Gasteiger charge is 2.25. The summed E-state index contributed by atoms with van der Waals surface area (Å²) in [5.74, 6) is 0.768. The van der Waals surface area contributed by atoms with E-state index < -0.39 is 0 Å². The number of H-pyrrole nitrogens is 1. The van der Waals surface area contributed by atoms with E-state index in [-0.39, 0.29) is 11.7 Å². The maximum atomic E-state index is 12.9. The van der Waals surface area contributed by atoms with E-state index in [1.807, 2.05) is 11.0 Å². The van der Waals surface area contributed by atoms with Gasteiger partial charge >= 0.3 is 0 Å². The highest BCUT2D eigenvalue weighted by Crippen LogP contribution is 2.24. The lowest BCUT2D eigenvalue weighted by molar-refractivity contribution is 0.0662. The van der Waals surface area contributed by atoms with Crippen LogP contribution in [0.2, 0.25) is 0 Å². The first-order valence-electron chi connectivity index (χ1n) is 9.87. The lowest BCUT2D eigenvalue weighted by Crippen LogP contribution is -2.40. The molecular weight excluding hydrogens is 350 g/mol. The van der Waals surface area contributed by atoms with E-state index in [2.05, 4.69) is 34.5 Å². The van der Waals surface area contributed by atoms with Gasteiger partial charge in [-0.05, 0) is 67.5 Å². The summed E-state index contributed by atoms with van der Waals surface area (Å²) in [7, 11) is 0. The van der Waals surface area contributed by atoms with Crippen molar-refractivity contribution in [3.05, 3.63) is 71.9 Å². The minimum absolute atomic E-state index is 0.0157. The number of carbonyl (C=O) groups is 1. The van der Waals surface area contributed by atoms with Gasteiger partial charge in [0.25, 0.3) is 5.91 Å². The van der Waals surface area contributed by atoms with Gasteiger partial charge < -0.3 is 10.0 Å². The molecular formula is C23H25N3O2. The molecule has 1 atom stereocenters. The first-order valence-corrected chi connectivity index (χ1v) is 9.87. The van der Waals surface area contributed by atoms with Crippen molar-refractivity contribution in [1.29, 1.82) is 0 Å². The van der Waals surface area contributed by atoms with E-state index in [0.29, 0.717) is 17.3 Å². The number of rotatable bonds is 5. The standard InChI is InChI=1S/C23H25N3O2/c27-20-12-10-19(11-13-20)21-15-22(25-24-21)23(28)26-14-4-7-18(16-26)9-8-17-5-2-1-3-6-17/h1-3,5-6,10-13,15,18,27H,4,7-9,14,16H2,(H,24,25)/t18-/m0/s1. The van der Waals surface area contributed by atoms with E-state index in [4.69, 9.17) is 0 Å². The van der Waals surface area contributed by atoms with Crippen LogP contribution < -0.4 is 0 Å². The van der Waals surface area contributed by atoms with Crippen molar-refractivity contribution < 1.29 is 9.90 Å². The summed E-state index contributed by atoms with van der Waals surface area (Å²) in [4.78, 5) is 14.9. The van der Waals surface area contributed by atoms with Crippen molar-refractivity contribution in [2.75, 3.05) is 13.1 Å². The number of aromatic amines is 1. The molecule has 1 saturated heterocycles. The largest absolute Gasteiger partial charge is 0.508 e. The fourth-order valence-electron chi connectivity index (χ4n) is 3.88. The molecule has 5 heteroatoms. The van der Waals surface area contributed by atoms with Crippen LogP contribution in [0, 0.1) is 5.92 Å². The molecule has 28 heavy (non-hydrogen) atoms. The third-order valence-corrected chi connectivity index (χ3v) is 5.46. The first-order chi connectivity index (χ1) is 13.7. The first kappa shape index (κ1) is 18.3. The van der Waals surface area contributed by atoms with E-state index >= 15 is 0 Å². The fourth-order valence-corrected chi connectivity index (χ4v) is 3.88. The Balaban J connectivity index is 1.38. The number of aryl methyl sites for hydroxylation is 1. The lowest BCUT2D eigenvalue weighted by atomic mass is 9.91. The molecule has 0 spiro atoms. The van der Waals surface area contributed by atoms with Gasteiger partial charge in [0.2, 0.25) is 0 Å². The van der Waals surface area contributed by atoms with Crippen LogP contribution in [0.25, 0.3) is 11.3 Å². The molecule has 0 saturated carbocycles. The highest BCUT2D eigenvalue weighted by molar-refractivity contribution is 5.93. The molecule has 5 nitrogen and oxygen atoms in total. The lowest BCUT2D eigenvalue weighted by Gasteiger charge is -2.32. The molecule has 4 rings (SSSR count). The SMILES string of the molecule is O=C(c1cc(-c2ccc(O)cc2)n[nH]1)N1CCC[C@@H](CCc2ccccc2)C1. The predicted octanol–water partition coefficient (Wildman–Crippen LogP) is 4.27. The second-order valence-electron chi connectivity index (χ2n) is 7.50. The van der Waals surface area contributed by atoms with Crippen LogP contribution in [0.1, 0.15) is 35.3 Å². The molecule has 1 aromatic heterocycles. The Kier molecular flexibility index (Phi) is 5.42. The summed E-state index contributed by atoms with van der Waals surface area (Å²) in [5, 5.41) is 16.6. The van der Waals surface area contributed by atoms with Gasteiger partial charge in [0, 0.05) is 18.7 Å². The molecule has 2 heterocycles. The predicted molar refractivity (Wildman–Crippen MR) is 109 cm³/mol. The smallest absolute Gasteiger partial charge is 0.271 e. The molecule has 144 valence electrons. The Morgan fingerprint density at radius 1 is 1.14 bits per heavy atom. The molecule has 0 aliphatic carbocycles. The van der Waals surface area contributed by atoms with Crippen LogP contribution in [0.5, 0.6) is 5.75 Å². The van der Waals surface area contributed by atoms with Gasteiger partial charge in [0.1, 0.15) is 11.4 Å². The van der Waals surface area contributed by atoms with Crippen molar-refractivity contribution in [1.82, 2.24) is 15.1 Å². The number of piperidine rings is 1. The van der Waals surface area contributed by atoms with E-state index in [0.717, 1.165) is 37.9 Å². The molecule has 0 bridgehead atoms. The Bertz CT molecular complexity index is 919. The molecule has 0 unspecified atom stereocenters. The van der Waals surface area contributed by atoms with Crippen LogP contribution in [-0.2, 0) is 6.42 Å². The third kappa shape index (κ3) is 4.25. The topological polar surface area (TPSA) is 69.2 Å². The Labute approximate surface area is 165 Å². The summed E-state index contributed by atoms with van der Waals surface area (Å²) >= 11 is 0. The van der Waals surface area contributed by atoms with Gasteiger partial charge in [-0.15, -0.1) is 0 Å². The summed E-state index contributed by atoms with van der Waals surface area (Å²) in [6.07, 6.45) is 4.39. The average molecular weight is 375 g/mol. The third-order valence-electron chi connectivity index (χ3n) is 5.46. The van der Waals surface area contributed by atoms with Gasteiger partial charge in [0.05, 0.1) is 5.69 Å². The number of phenolic OH excluding ortho intramolecular Hbond substituents is 1. The Morgan fingerprint density at radius 2 is 1.93 bits per heavy atom. The van der Waals surface area contributed by atoms with E-state index in [9.17, 15) is 9.90 Å². The fraction of sp³-hybridized carbons (Fsp3) is 0.304. The number of nitrogens with one attached hydrogen (secondary N) is 1. The van der Waals surface area contributed by atoms with Crippen molar-refractivity contribution in [2.45, 2.75) is 25.7 Å². The number of benzene rings is 2. The molecule has 1 aliphatic heterocycles. The minimum atomic E-state index is 0.0157. The van der Waals surface area contributed by atoms with Crippen LogP contribution in [0.15, 0.2) is 60.7 Å². The monoisotopic (exact) mass is 375 g/mol. The number of hydrogen-bond acceptors (Lipinski definition) is 3. The van der Waals surface area contributed by atoms with Gasteiger partial charge in [-0.25, -0.2) is 0 Å². The number of nitrogens with zero attached hydrogens (tertiary/aromatic N) is 2. The van der Waals surface area contributed by atoms with Crippen molar-refractivity contribution in [2.24, 2.45) is 5.92 Å². The summed E-state index contributed by atoms with van der Waals surface area (Å²) in [6, 6.07) is 19.2. The summed E-state index contributed by atoms with van der Waals surface area (Å²) < 4.78 is 0. The molecule has 3 aromatic rings. The number of amides is 1. The Hall–Kier alpha value is -3.08. The van der Waals surface area contributed by atoms with Crippen LogP contribution in [0.4, 0.5) is 0 Å². The second kappa shape index (κ2) is 8.30. The molecule has 1 fully saturated rings. The highest BCUT2D eigenvalue weighted by atomic mass is 16.3. The van der Waals surface area contributed by atoms with Gasteiger partial charge in [0.15, 0.2) is 0 Å². The zero-order valence-electron chi connectivity index (χ0n) is 15.8. The molecule has 2 N–H and O–H groups in total. The maximum absolute atomic E-state index is 12.9. The number of aromatic nitrogens is 2. The van der Waals surface area contributed by atoms with Crippen molar-refractivity contribution in [3.63, 3.8) is 0 Å². The van der Waals surface area contributed by atoms with Gasteiger partial charge in [-0.3, -0.25) is 9.89 Å². The van der Waals surface area contributed by atoms with Crippen LogP contribution in [-0.4, -0.2) is 39.2 Å². The summed E-state index contributed by atoms with van der Waals surface area (Å²) in [5.41, 5.74) is 3.46. The number of aromatic hydroxyl groups is 1. The van der Waals surface area contributed by atoms with Gasteiger partial charge in [-0.1, -0.05) is 30.3 Å². The molecule has 0 radical (unpaired) electrons. The quantitative estimate of drug-likeness (QED) is 0.700. The minimum Gasteiger partial charge on any atom is -0.508 e. The van der Waals surface area contributed by atoms with Crippen LogP contribution >= 0.6 is 0 Å². The molecule has 1 amide bonds. The average Bonchev–Trinajstić information content (AvgIpc) is 3.23. The van der Waals surface area contributed by atoms with Crippen LogP contribution in [0.3, 0.4) is 0 Å². The number of phenols is 1. The zero-order chi connectivity index (χ0) is 19.3. The molecule has 2 aromatic carbocycles. The summed E-state index contributed by atoms with van der Waals surface area (Å²) in [6.45, 7) is 1.60. The van der Waals surface area contributed by atoms with E-state index in [1.165, 1.54) is 12.0 Å². The zero-order valence-corrected chi connectivity index (χ0v) is 15.8. The normalized spacial score (nSPS) is 16.9. The number of likely N-dealkylation sites (tertiary alicyclic amines) is 1. The van der Waals surface area contributed by atoms with E-state index in [1.54, 1.807) is 30.3 Å². The Morgan fingerprint density at radius 3 is 2.71 bits per heavy atom. The van der Waals surface area contributed by atoms with Gasteiger partial charge in [-0.2, -0.15) is 5.10 Å². The maximum Gasteiger partial charge on any atom is 0.271 e. The molecule has 1 aliphatic rings.